The monoisotopic (exact) mass is 846 g/mol. The minimum atomic E-state index is 1.14. The molecule has 0 atom stereocenters. The van der Waals surface area contributed by atoms with E-state index in [0.717, 1.165) is 5.69 Å². The van der Waals surface area contributed by atoms with Crippen LogP contribution in [0.1, 0.15) is 13.8 Å². The summed E-state index contributed by atoms with van der Waals surface area (Å²) >= 11 is 0. The van der Waals surface area contributed by atoms with Crippen LogP contribution in [-0.2, 0) is 0 Å². The smallest absolute Gasteiger partial charge is 0.0541 e. The molecule has 12 aromatic rings. The van der Waals surface area contributed by atoms with Crippen LogP contribution in [0.2, 0.25) is 0 Å². The topological polar surface area (TPSA) is 9.86 Å². The lowest BCUT2D eigenvalue weighted by atomic mass is 9.91. The molecule has 0 radical (unpaired) electrons. The van der Waals surface area contributed by atoms with Crippen LogP contribution in [-0.4, -0.2) is 9.13 Å². The number of benzene rings is 10. The molecule has 316 valence electrons. The summed E-state index contributed by atoms with van der Waals surface area (Å²) in [7, 11) is 0. The van der Waals surface area contributed by atoms with Gasteiger partial charge in [-0.1, -0.05) is 200 Å². The molecule has 12 rings (SSSR count). The third kappa shape index (κ3) is 8.25. The molecule has 0 saturated carbocycles. The normalized spacial score (nSPS) is 11.1. The molecule has 0 fully saturated rings. The molecule has 10 aromatic carbocycles. The van der Waals surface area contributed by atoms with Gasteiger partial charge < -0.3 is 9.13 Å². The summed E-state index contributed by atoms with van der Waals surface area (Å²) in [5.74, 6) is 0. The van der Waals surface area contributed by atoms with E-state index in [1.165, 1.54) is 93.8 Å². The van der Waals surface area contributed by atoms with Gasteiger partial charge in [-0.15, -0.1) is 0 Å². The zero-order valence-electron chi connectivity index (χ0n) is 37.3. The van der Waals surface area contributed by atoms with Crippen molar-refractivity contribution in [2.24, 2.45) is 0 Å². The Hall–Kier alpha value is -8.46. The standard InChI is InChI=1S/C54H36N2.C6H6.C4H8/c1-4-15-37(16-5-1)39-27-30-45(48(34-39)38-17-6-2-7-18-38)42-19-14-22-44(33-42)56-52-26-13-11-24-47(52)50-36-41(29-32-54(50)56)40-28-31-53-49(35-40)46-23-10-12-25-51(46)55(53)43-20-8-3-9-21-43;1-2-4-6-5-3-1;1-3-4-2/h1-36H;1-6H;3-4H,1-2H3/b;;4-3-. The molecule has 2 nitrogen and oxygen atoms in total. The largest absolute Gasteiger partial charge is 0.309 e. The molecule has 0 N–H and O–H groups in total. The zero-order valence-corrected chi connectivity index (χ0v) is 37.3. The van der Waals surface area contributed by atoms with E-state index in [1.54, 1.807) is 0 Å². The van der Waals surface area contributed by atoms with Crippen LogP contribution in [0.5, 0.6) is 0 Å². The van der Waals surface area contributed by atoms with Gasteiger partial charge >= 0.3 is 0 Å². The molecule has 2 heteroatoms. The lowest BCUT2D eigenvalue weighted by molar-refractivity contribution is 1.18. The van der Waals surface area contributed by atoms with Gasteiger partial charge in [0.2, 0.25) is 0 Å². The van der Waals surface area contributed by atoms with Crippen LogP contribution < -0.4 is 0 Å². The van der Waals surface area contributed by atoms with Gasteiger partial charge in [0.05, 0.1) is 22.1 Å². The summed E-state index contributed by atoms with van der Waals surface area (Å²) in [6, 6.07) is 91.4. The Morgan fingerprint density at radius 2 is 0.636 bits per heavy atom. The molecular formula is C64H50N2. The predicted octanol–water partition coefficient (Wildman–Crippen LogP) is 17.8. The molecule has 0 aliphatic rings. The van der Waals surface area contributed by atoms with Crippen LogP contribution in [0.25, 0.3) is 99.5 Å². The summed E-state index contributed by atoms with van der Waals surface area (Å²) in [6.07, 6.45) is 4.00. The van der Waals surface area contributed by atoms with Crippen molar-refractivity contribution in [2.75, 3.05) is 0 Å². The summed E-state index contributed by atoms with van der Waals surface area (Å²) in [6.45, 7) is 4.00. The molecule has 0 saturated heterocycles. The van der Waals surface area contributed by atoms with Gasteiger partial charge in [0, 0.05) is 32.9 Å². The Labute approximate surface area is 387 Å². The maximum absolute atomic E-state index is 2.43. The lowest BCUT2D eigenvalue weighted by Gasteiger charge is -2.15. The molecule has 2 aromatic heterocycles. The lowest BCUT2D eigenvalue weighted by Crippen LogP contribution is -1.95. The third-order valence-corrected chi connectivity index (χ3v) is 12.3. The van der Waals surface area contributed by atoms with Gasteiger partial charge in [0.1, 0.15) is 0 Å². The van der Waals surface area contributed by atoms with Crippen molar-refractivity contribution >= 4 is 43.6 Å². The van der Waals surface area contributed by atoms with E-state index in [1.807, 2.05) is 62.4 Å². The predicted molar refractivity (Wildman–Crippen MR) is 284 cm³/mol. The number of rotatable bonds is 6. The maximum Gasteiger partial charge on any atom is 0.0541 e. The highest BCUT2D eigenvalue weighted by atomic mass is 15.0. The van der Waals surface area contributed by atoms with E-state index in [9.17, 15) is 0 Å². The molecule has 0 spiro atoms. The Morgan fingerprint density at radius 1 is 0.242 bits per heavy atom. The van der Waals surface area contributed by atoms with Gasteiger partial charge in [-0.2, -0.15) is 0 Å². The van der Waals surface area contributed by atoms with Gasteiger partial charge in [0.25, 0.3) is 0 Å². The van der Waals surface area contributed by atoms with Crippen molar-refractivity contribution in [1.82, 2.24) is 9.13 Å². The molecule has 0 amide bonds. The van der Waals surface area contributed by atoms with Gasteiger partial charge in [-0.3, -0.25) is 0 Å². The molecule has 0 bridgehead atoms. The van der Waals surface area contributed by atoms with Crippen LogP contribution in [0.15, 0.2) is 267 Å². The Bertz CT molecular complexity index is 3550. The van der Waals surface area contributed by atoms with E-state index in [-0.39, 0.29) is 0 Å². The average molecular weight is 847 g/mol. The van der Waals surface area contributed by atoms with Crippen molar-refractivity contribution in [3.05, 3.63) is 267 Å². The van der Waals surface area contributed by atoms with E-state index in [4.69, 9.17) is 0 Å². The molecule has 2 heterocycles. The number of nitrogens with zero attached hydrogens (tertiary/aromatic N) is 2. The molecule has 66 heavy (non-hydrogen) atoms. The highest BCUT2D eigenvalue weighted by molar-refractivity contribution is 6.12. The van der Waals surface area contributed by atoms with Gasteiger partial charge in [0.15, 0.2) is 0 Å². The van der Waals surface area contributed by atoms with E-state index < -0.39 is 0 Å². The quantitative estimate of drug-likeness (QED) is 0.148. The summed E-state index contributed by atoms with van der Waals surface area (Å²) in [5, 5.41) is 5.00. The van der Waals surface area contributed by atoms with Crippen molar-refractivity contribution in [1.29, 1.82) is 0 Å². The van der Waals surface area contributed by atoms with Crippen molar-refractivity contribution < 1.29 is 0 Å². The molecule has 0 aliphatic carbocycles. The second-order valence-electron chi connectivity index (χ2n) is 16.4. The summed E-state index contributed by atoms with van der Waals surface area (Å²) < 4.78 is 4.80. The molecule has 0 aliphatic heterocycles. The highest BCUT2D eigenvalue weighted by Gasteiger charge is 2.17. The third-order valence-electron chi connectivity index (χ3n) is 12.3. The maximum atomic E-state index is 2.43. The van der Waals surface area contributed by atoms with Crippen molar-refractivity contribution in [2.45, 2.75) is 13.8 Å². The zero-order chi connectivity index (χ0) is 44.7. The van der Waals surface area contributed by atoms with Crippen LogP contribution >= 0.6 is 0 Å². The number of fused-ring (bicyclic) bond motifs is 6. The fourth-order valence-electron chi connectivity index (χ4n) is 9.10. The molecule has 0 unspecified atom stereocenters. The molecular weight excluding hydrogens is 797 g/mol. The van der Waals surface area contributed by atoms with E-state index in [2.05, 4.69) is 228 Å². The fourth-order valence-corrected chi connectivity index (χ4v) is 9.10. The van der Waals surface area contributed by atoms with E-state index in [0.29, 0.717) is 0 Å². The summed E-state index contributed by atoms with van der Waals surface area (Å²) in [5.41, 5.74) is 16.8. The Kier molecular flexibility index (Phi) is 12.0. The number of hydrogen-bond donors (Lipinski definition) is 0. The minimum Gasteiger partial charge on any atom is -0.309 e. The van der Waals surface area contributed by atoms with Crippen LogP contribution in [0.4, 0.5) is 0 Å². The number of hydrogen-bond acceptors (Lipinski definition) is 0. The second-order valence-corrected chi connectivity index (χ2v) is 16.4. The Morgan fingerprint density at radius 3 is 1.18 bits per heavy atom. The first-order valence-corrected chi connectivity index (χ1v) is 22.8. The Balaban J connectivity index is 0.000000460. The van der Waals surface area contributed by atoms with Crippen LogP contribution in [0.3, 0.4) is 0 Å². The van der Waals surface area contributed by atoms with E-state index >= 15 is 0 Å². The number of para-hydroxylation sites is 3. The average Bonchev–Trinajstić information content (AvgIpc) is 3.92. The fraction of sp³-hybridized carbons (Fsp3) is 0.0312. The first kappa shape index (κ1) is 41.5. The highest BCUT2D eigenvalue weighted by Crippen LogP contribution is 2.40. The first-order chi connectivity index (χ1) is 32.7. The second kappa shape index (κ2) is 19.1. The van der Waals surface area contributed by atoms with Gasteiger partial charge in [-0.05, 0) is 125 Å². The summed E-state index contributed by atoms with van der Waals surface area (Å²) in [4.78, 5) is 0. The van der Waals surface area contributed by atoms with Crippen molar-refractivity contribution in [3.63, 3.8) is 0 Å². The number of allylic oxidation sites excluding steroid dienone is 2. The van der Waals surface area contributed by atoms with Crippen molar-refractivity contribution in [3.8, 4) is 55.9 Å². The van der Waals surface area contributed by atoms with Gasteiger partial charge in [-0.25, -0.2) is 0 Å². The number of aromatic nitrogens is 2. The first-order valence-electron chi connectivity index (χ1n) is 22.8. The SMILES string of the molecule is C/C=C\C.c1ccc(-c2ccc(-c3cccc(-n4c5ccccc5c5cc(-c6ccc7c(c6)c6ccccc6n7-c6ccccc6)ccc54)c3)c(-c3ccccc3)c2)cc1.c1ccccc1. The minimum absolute atomic E-state index is 1.14. The van der Waals surface area contributed by atoms with Crippen LogP contribution in [0, 0.1) is 0 Å².